The zero-order valence-electron chi connectivity index (χ0n) is 39.2. The van der Waals surface area contributed by atoms with Gasteiger partial charge in [0.05, 0.1) is 17.1 Å². The van der Waals surface area contributed by atoms with Gasteiger partial charge >= 0.3 is 24.1 Å². The van der Waals surface area contributed by atoms with Crippen LogP contribution in [0.3, 0.4) is 0 Å². The molecule has 9 rings (SSSR count). The molecule has 69 heavy (non-hydrogen) atoms. The number of rotatable bonds is 10. The van der Waals surface area contributed by atoms with Crippen molar-refractivity contribution in [2.24, 2.45) is 0 Å². The molecule has 4 aliphatic rings. The number of piperazine rings is 1. The largest absolute Gasteiger partial charge is 0.490 e. The number of para-hydroxylation sites is 1. The number of likely N-dealkylation sites (tertiary alicyclic amines) is 2. The van der Waals surface area contributed by atoms with Crippen LogP contribution in [0.2, 0.25) is 0 Å². The average molecular weight is 955 g/mol. The number of hydrogen-bond acceptors (Lipinski definition) is 9. The number of H-pyrrole nitrogens is 1. The highest BCUT2D eigenvalue weighted by Gasteiger charge is 2.44. The second kappa shape index (κ2) is 21.2. The molecule has 18 heteroatoms. The second-order valence-electron chi connectivity index (χ2n) is 19.0. The van der Waals surface area contributed by atoms with E-state index in [1.165, 1.54) is 0 Å². The maximum absolute atomic E-state index is 14.5. The van der Waals surface area contributed by atoms with Crippen molar-refractivity contribution >= 4 is 45.7 Å². The molecule has 368 valence electrons. The smallest absolute Gasteiger partial charge is 0.475 e. The number of carbonyl (C=O) groups excluding carboxylic acids is 3. The Morgan fingerprint density at radius 1 is 0.855 bits per heavy atom. The Labute approximate surface area is 398 Å². The molecule has 3 amide bonds. The molecule has 3 N–H and O–H groups in total. The number of carboxylic acids is 1. The number of alkyl halides is 3. The molecule has 3 saturated heterocycles. The average Bonchev–Trinajstić information content (AvgIpc) is 4.02. The van der Waals surface area contributed by atoms with Gasteiger partial charge in [0.2, 0.25) is 5.91 Å². The van der Waals surface area contributed by atoms with Gasteiger partial charge in [-0.3, -0.25) is 19.3 Å². The van der Waals surface area contributed by atoms with Gasteiger partial charge in [0, 0.05) is 68.2 Å². The fourth-order valence-corrected chi connectivity index (χ4v) is 10.8. The molecule has 15 nitrogen and oxygen atoms in total. The monoisotopic (exact) mass is 954 g/mol. The maximum atomic E-state index is 14.5. The van der Waals surface area contributed by atoms with Gasteiger partial charge in [0.15, 0.2) is 6.73 Å². The third kappa shape index (κ3) is 11.3. The van der Waals surface area contributed by atoms with Gasteiger partial charge in [-0.2, -0.15) is 18.3 Å². The molecule has 3 aliphatic heterocycles. The first-order valence-electron chi connectivity index (χ1n) is 24.0. The van der Waals surface area contributed by atoms with Crippen molar-refractivity contribution in [3.05, 3.63) is 112 Å². The third-order valence-electron chi connectivity index (χ3n) is 14.6. The summed E-state index contributed by atoms with van der Waals surface area (Å²) < 4.78 is 39.5. The molecule has 1 aliphatic carbocycles. The van der Waals surface area contributed by atoms with Gasteiger partial charge < -0.3 is 34.8 Å². The van der Waals surface area contributed by atoms with Crippen LogP contribution in [0.1, 0.15) is 79.5 Å². The number of halogens is 3. The van der Waals surface area contributed by atoms with Gasteiger partial charge in [0.1, 0.15) is 6.04 Å². The van der Waals surface area contributed by atoms with Crippen molar-refractivity contribution < 1.29 is 42.2 Å². The fourth-order valence-electron chi connectivity index (χ4n) is 10.8. The number of carbonyl (C=O) groups is 4. The zero-order chi connectivity index (χ0) is 48.9. The van der Waals surface area contributed by atoms with E-state index in [4.69, 9.17) is 14.6 Å². The number of esters is 1. The standard InChI is InChI=1S/C49H60N8O5.C2HF3O2/c1-34-28-35(29-38-32-50-57(44(34)38)33-62-47(60)49(18-8-9-19-49)39-11-4-3-5-12-39)30-43(46(59)55-26-24-54(25-27-55)40-16-20-53(2)21-17-40)52-48(61)56-22-14-36(15-23-56)41-31-37-10-6-7-13-42(37)51-45(41)58;3-2(4,5)1(6)7/h3-7,10-13,28-29,31-32,36,40,43H,8-9,14-27,30,33H2,1-2H3,(H,51,58)(H,52,61);(H,6,7). The minimum atomic E-state index is -5.08. The normalized spacial score (nSPS) is 19.0. The van der Waals surface area contributed by atoms with E-state index in [1.54, 1.807) is 15.8 Å². The van der Waals surface area contributed by atoms with Crippen LogP contribution in [-0.4, -0.2) is 141 Å². The van der Waals surface area contributed by atoms with Crippen molar-refractivity contribution in [3.8, 4) is 0 Å². The lowest BCUT2D eigenvalue weighted by atomic mass is 9.79. The van der Waals surface area contributed by atoms with Crippen LogP contribution in [0.4, 0.5) is 18.0 Å². The first kappa shape index (κ1) is 49.2. The predicted octanol–water partition coefficient (Wildman–Crippen LogP) is 6.57. The van der Waals surface area contributed by atoms with Crippen LogP contribution in [0.15, 0.2) is 83.8 Å². The molecular weight excluding hydrogens is 894 g/mol. The number of nitrogens with one attached hydrogen (secondary N) is 2. The number of benzene rings is 3. The number of aliphatic carboxylic acids is 1. The molecule has 1 unspecified atom stereocenters. The maximum Gasteiger partial charge on any atom is 0.490 e. The topological polar surface area (TPSA) is 173 Å². The van der Waals surface area contributed by atoms with E-state index in [2.05, 4.69) is 38.3 Å². The van der Waals surface area contributed by atoms with Gasteiger partial charge in [0.25, 0.3) is 5.56 Å². The summed E-state index contributed by atoms with van der Waals surface area (Å²) in [6.45, 7) is 8.07. The van der Waals surface area contributed by atoms with Crippen molar-refractivity contribution in [2.45, 2.75) is 101 Å². The van der Waals surface area contributed by atoms with Crippen LogP contribution in [0, 0.1) is 6.92 Å². The van der Waals surface area contributed by atoms with E-state index < -0.39 is 23.6 Å². The number of hydrogen-bond donors (Lipinski definition) is 3. The number of ether oxygens (including phenoxy) is 1. The number of aryl methyl sites for hydroxylation is 1. The van der Waals surface area contributed by atoms with Gasteiger partial charge in [-0.05, 0) is 112 Å². The summed E-state index contributed by atoms with van der Waals surface area (Å²) in [5.74, 6) is -3.00. The van der Waals surface area contributed by atoms with E-state index in [0.717, 1.165) is 109 Å². The second-order valence-corrected chi connectivity index (χ2v) is 19.0. The summed E-state index contributed by atoms with van der Waals surface area (Å²) in [4.78, 5) is 76.0. The summed E-state index contributed by atoms with van der Waals surface area (Å²) in [6.07, 6.45) is 4.15. The predicted molar refractivity (Wildman–Crippen MR) is 254 cm³/mol. The third-order valence-corrected chi connectivity index (χ3v) is 14.6. The zero-order valence-corrected chi connectivity index (χ0v) is 39.2. The molecule has 5 heterocycles. The highest BCUT2D eigenvalue weighted by atomic mass is 19.4. The van der Waals surface area contributed by atoms with Crippen molar-refractivity contribution in [3.63, 3.8) is 0 Å². The Hall–Kier alpha value is -6.27. The molecule has 0 bridgehead atoms. The number of aromatic amines is 1. The molecule has 0 spiro atoms. The van der Waals surface area contributed by atoms with Crippen molar-refractivity contribution in [1.82, 2.24) is 39.7 Å². The van der Waals surface area contributed by atoms with Crippen LogP contribution in [0.25, 0.3) is 21.8 Å². The molecule has 3 aromatic carbocycles. The Bertz CT molecular complexity index is 2680. The quantitative estimate of drug-likeness (QED) is 0.130. The minimum absolute atomic E-state index is 0.00372. The number of piperidine rings is 2. The van der Waals surface area contributed by atoms with Crippen LogP contribution in [-0.2, 0) is 37.7 Å². The summed E-state index contributed by atoms with van der Waals surface area (Å²) in [5.41, 5.74) is 4.60. The Morgan fingerprint density at radius 2 is 1.51 bits per heavy atom. The Morgan fingerprint density at radius 3 is 2.17 bits per heavy atom. The molecule has 5 aromatic rings. The molecule has 0 radical (unpaired) electrons. The SMILES string of the molecule is Cc1cc(CC(NC(=O)N2CCC(c3cc4ccccc4[nH]c3=O)CC2)C(=O)N2CCN(C3CCN(C)CC3)CC2)cc2cnn(COC(=O)C3(c4ccccc4)CCCC3)c12.O=C(O)C(F)(F)F. The number of aromatic nitrogens is 3. The summed E-state index contributed by atoms with van der Waals surface area (Å²) in [6, 6.07) is 23.4. The lowest BCUT2D eigenvalue weighted by Gasteiger charge is -2.43. The van der Waals surface area contributed by atoms with Crippen LogP contribution < -0.4 is 10.9 Å². The fraction of sp³-hybridized carbons (Fsp3) is 0.490. The van der Waals surface area contributed by atoms with Gasteiger partial charge in [-0.15, -0.1) is 0 Å². The number of carboxylic acid groups (broad SMARTS) is 1. The summed E-state index contributed by atoms with van der Waals surface area (Å²) in [5, 5.41) is 16.8. The highest BCUT2D eigenvalue weighted by Crippen LogP contribution is 2.42. The first-order chi connectivity index (χ1) is 33.1. The molecular formula is C51H61F3N8O7. The van der Waals surface area contributed by atoms with Gasteiger partial charge in [-0.1, -0.05) is 67.4 Å². The number of nitrogens with zero attached hydrogens (tertiary/aromatic N) is 6. The summed E-state index contributed by atoms with van der Waals surface area (Å²) >= 11 is 0. The Kier molecular flexibility index (Phi) is 15.1. The van der Waals surface area contributed by atoms with E-state index in [0.29, 0.717) is 51.5 Å². The van der Waals surface area contributed by atoms with E-state index in [-0.39, 0.29) is 36.1 Å². The van der Waals surface area contributed by atoms with Crippen molar-refractivity contribution in [1.29, 1.82) is 0 Å². The summed E-state index contributed by atoms with van der Waals surface area (Å²) in [7, 11) is 2.18. The van der Waals surface area contributed by atoms with Crippen molar-refractivity contribution in [2.75, 3.05) is 59.4 Å². The number of fused-ring (bicyclic) bond motifs is 2. The number of pyridine rings is 1. The van der Waals surface area contributed by atoms with Crippen LogP contribution in [0.5, 0.6) is 0 Å². The number of urea groups is 1. The van der Waals surface area contributed by atoms with Crippen LogP contribution >= 0.6 is 0 Å². The highest BCUT2D eigenvalue weighted by molar-refractivity contribution is 5.89. The molecule has 1 atom stereocenters. The van der Waals surface area contributed by atoms with Gasteiger partial charge in [-0.25, -0.2) is 14.3 Å². The molecule has 4 fully saturated rings. The first-order valence-corrected chi connectivity index (χ1v) is 24.0. The van der Waals surface area contributed by atoms with E-state index in [1.807, 2.05) is 78.6 Å². The minimum Gasteiger partial charge on any atom is -0.475 e. The molecule has 1 saturated carbocycles. The Balaban J connectivity index is 0.000000853. The molecule has 2 aromatic heterocycles. The van der Waals surface area contributed by atoms with E-state index in [9.17, 15) is 32.3 Å². The lowest BCUT2D eigenvalue weighted by molar-refractivity contribution is -0.192. The lowest BCUT2D eigenvalue weighted by Crippen LogP contribution is -2.59. The number of amides is 3. The van der Waals surface area contributed by atoms with E-state index >= 15 is 0 Å².